The number of imide groups is 1. The van der Waals surface area contributed by atoms with Crippen molar-refractivity contribution in [1.82, 2.24) is 15.2 Å². The van der Waals surface area contributed by atoms with E-state index in [4.69, 9.17) is 16.3 Å². The Morgan fingerprint density at radius 3 is 2.59 bits per heavy atom. The van der Waals surface area contributed by atoms with Gasteiger partial charge in [-0.1, -0.05) is 29.8 Å². The number of carbonyl (C=O) groups excluding carboxylic acids is 2. The predicted octanol–water partition coefficient (Wildman–Crippen LogP) is 3.88. The highest BCUT2D eigenvalue weighted by atomic mass is 35.5. The van der Waals surface area contributed by atoms with E-state index in [0.29, 0.717) is 52.6 Å². The first-order valence-electron chi connectivity index (χ1n) is 11.1. The number of halogens is 1. The summed E-state index contributed by atoms with van der Waals surface area (Å²) in [4.78, 5) is 25.7. The molecule has 0 saturated heterocycles. The highest BCUT2D eigenvalue weighted by molar-refractivity contribution is 6.36. The lowest BCUT2D eigenvalue weighted by Crippen LogP contribution is -2.25. The molecule has 0 bridgehead atoms. The summed E-state index contributed by atoms with van der Waals surface area (Å²) < 4.78 is 7.86. The average Bonchev–Trinajstić information content (AvgIpc) is 3.27. The number of nitrogens with one attached hydrogen (secondary N) is 2. The molecule has 7 nitrogen and oxygen atoms in total. The molecular weight excluding hydrogens is 454 g/mol. The Labute approximate surface area is 201 Å². The largest absolute Gasteiger partial charge is 0.493 e. The number of amides is 2. The minimum absolute atomic E-state index is 0.344. The fourth-order valence-electron chi connectivity index (χ4n) is 4.66. The van der Waals surface area contributed by atoms with E-state index in [2.05, 4.69) is 10.6 Å². The summed E-state index contributed by atoms with van der Waals surface area (Å²) in [5.41, 5.74) is 3.71. The van der Waals surface area contributed by atoms with Crippen LogP contribution in [0.15, 0.2) is 48.5 Å². The third-order valence-corrected chi connectivity index (χ3v) is 6.60. The molecule has 0 radical (unpaired) electrons. The van der Waals surface area contributed by atoms with Gasteiger partial charge in [0.2, 0.25) is 0 Å². The van der Waals surface area contributed by atoms with Gasteiger partial charge in [-0.3, -0.25) is 14.9 Å². The van der Waals surface area contributed by atoms with Gasteiger partial charge >= 0.3 is 0 Å². The van der Waals surface area contributed by atoms with Crippen LogP contribution >= 0.6 is 11.6 Å². The molecule has 0 aliphatic carbocycles. The number of rotatable bonds is 7. The first-order valence-corrected chi connectivity index (χ1v) is 11.4. The van der Waals surface area contributed by atoms with Gasteiger partial charge in [0.05, 0.1) is 34.9 Å². The molecule has 4 aromatic rings. The molecule has 0 saturated carbocycles. The van der Waals surface area contributed by atoms with Crippen molar-refractivity contribution < 1.29 is 19.4 Å². The third-order valence-electron chi connectivity index (χ3n) is 6.27. The fraction of sp³-hybridized carbons (Fsp3) is 0.231. The van der Waals surface area contributed by atoms with Crippen LogP contribution in [0.2, 0.25) is 5.02 Å². The zero-order chi connectivity index (χ0) is 24.0. The second-order valence-electron chi connectivity index (χ2n) is 8.42. The van der Waals surface area contributed by atoms with Gasteiger partial charge in [-0.15, -0.1) is 0 Å². The lowest BCUT2D eigenvalue weighted by atomic mass is 9.93. The molecule has 1 aliphatic rings. The van der Waals surface area contributed by atoms with Gasteiger partial charge in [-0.2, -0.15) is 0 Å². The maximum atomic E-state index is 12.9. The number of aryl methyl sites for hydroxylation is 1. The van der Waals surface area contributed by atoms with Gasteiger partial charge in [0.1, 0.15) is 5.75 Å². The lowest BCUT2D eigenvalue weighted by molar-refractivity contribution is 0.0880. The van der Waals surface area contributed by atoms with Crippen LogP contribution in [0.25, 0.3) is 32.9 Å². The molecule has 1 aliphatic heterocycles. The molecule has 8 heteroatoms. The Balaban J connectivity index is 1.66. The predicted molar refractivity (Wildman–Crippen MR) is 133 cm³/mol. The number of hydrogen-bond acceptors (Lipinski definition) is 5. The SMILES string of the molecule is CNCC(O)CCOc1ccc2c3c4c(c(-c5ccccc5Cl)cc3n(C)c2c1)C(=O)NC4=O. The molecule has 2 heterocycles. The zero-order valence-corrected chi connectivity index (χ0v) is 19.6. The second kappa shape index (κ2) is 8.76. The van der Waals surface area contributed by atoms with Crippen LogP contribution < -0.4 is 15.4 Å². The number of hydrogen-bond donors (Lipinski definition) is 3. The molecule has 1 atom stereocenters. The van der Waals surface area contributed by atoms with Crippen LogP contribution in [-0.4, -0.2) is 47.8 Å². The van der Waals surface area contributed by atoms with Gasteiger partial charge in [0.15, 0.2) is 0 Å². The van der Waals surface area contributed by atoms with E-state index in [1.54, 1.807) is 13.1 Å². The summed E-state index contributed by atoms with van der Waals surface area (Å²) >= 11 is 6.46. The van der Waals surface area contributed by atoms with Crippen molar-refractivity contribution >= 4 is 45.2 Å². The van der Waals surface area contributed by atoms with Crippen molar-refractivity contribution in [2.45, 2.75) is 12.5 Å². The van der Waals surface area contributed by atoms with Crippen LogP contribution in [0.1, 0.15) is 27.1 Å². The number of aliphatic hydroxyl groups is 1. The number of nitrogens with zero attached hydrogens (tertiary/aromatic N) is 1. The molecule has 3 aromatic carbocycles. The second-order valence-corrected chi connectivity index (χ2v) is 8.83. The molecule has 1 unspecified atom stereocenters. The van der Waals surface area contributed by atoms with Gasteiger partial charge < -0.3 is 19.7 Å². The summed E-state index contributed by atoms with van der Waals surface area (Å²) in [6.45, 7) is 0.881. The molecule has 2 amide bonds. The maximum absolute atomic E-state index is 12.9. The monoisotopic (exact) mass is 477 g/mol. The van der Waals surface area contributed by atoms with Crippen LogP contribution in [0.4, 0.5) is 0 Å². The highest BCUT2D eigenvalue weighted by Crippen LogP contribution is 2.42. The molecule has 174 valence electrons. The van der Waals surface area contributed by atoms with E-state index in [9.17, 15) is 14.7 Å². The smallest absolute Gasteiger partial charge is 0.259 e. The number of aliphatic hydroxyl groups excluding tert-OH is 1. The van der Waals surface area contributed by atoms with Crippen LogP contribution in [-0.2, 0) is 7.05 Å². The Morgan fingerprint density at radius 2 is 1.82 bits per heavy atom. The summed E-state index contributed by atoms with van der Waals surface area (Å²) in [7, 11) is 3.71. The van der Waals surface area contributed by atoms with E-state index in [-0.39, 0.29) is 0 Å². The van der Waals surface area contributed by atoms with E-state index in [1.165, 1.54) is 0 Å². The summed E-state index contributed by atoms with van der Waals surface area (Å²) in [5, 5.41) is 17.4. The van der Waals surface area contributed by atoms with E-state index >= 15 is 0 Å². The molecular formula is C26H24ClN3O4. The fourth-order valence-corrected chi connectivity index (χ4v) is 4.90. The number of ether oxygens (including phenoxy) is 1. The Kier molecular flexibility index (Phi) is 5.77. The van der Waals surface area contributed by atoms with E-state index in [0.717, 1.165) is 21.8 Å². The topological polar surface area (TPSA) is 92.6 Å². The number of fused-ring (bicyclic) bond motifs is 5. The molecule has 1 aromatic heterocycles. The highest BCUT2D eigenvalue weighted by Gasteiger charge is 2.34. The number of aromatic nitrogens is 1. The minimum Gasteiger partial charge on any atom is -0.493 e. The van der Waals surface area contributed by atoms with Crippen molar-refractivity contribution in [3.05, 3.63) is 64.7 Å². The molecule has 0 fully saturated rings. The average molecular weight is 478 g/mol. The van der Waals surface area contributed by atoms with Crippen LogP contribution in [0, 0.1) is 0 Å². The summed E-state index contributed by atoms with van der Waals surface area (Å²) in [6.07, 6.45) is 0.0264. The van der Waals surface area contributed by atoms with Gasteiger partial charge in [-0.25, -0.2) is 0 Å². The summed E-state index contributed by atoms with van der Waals surface area (Å²) in [5.74, 6) is -0.169. The zero-order valence-electron chi connectivity index (χ0n) is 18.8. The third kappa shape index (κ3) is 3.62. The van der Waals surface area contributed by atoms with Crippen molar-refractivity contribution in [1.29, 1.82) is 0 Å². The lowest BCUT2D eigenvalue weighted by Gasteiger charge is -2.11. The quantitative estimate of drug-likeness (QED) is 0.351. The van der Waals surface area contributed by atoms with Crippen LogP contribution in [0.5, 0.6) is 5.75 Å². The molecule has 3 N–H and O–H groups in total. The Morgan fingerprint density at radius 1 is 1.06 bits per heavy atom. The van der Waals surface area contributed by atoms with Gasteiger partial charge in [-0.05, 0) is 36.9 Å². The molecule has 34 heavy (non-hydrogen) atoms. The maximum Gasteiger partial charge on any atom is 0.259 e. The van der Waals surface area contributed by atoms with Crippen molar-refractivity contribution in [2.24, 2.45) is 7.05 Å². The van der Waals surface area contributed by atoms with E-state index < -0.39 is 17.9 Å². The molecule has 5 rings (SSSR count). The number of benzene rings is 3. The molecule has 0 spiro atoms. The number of likely N-dealkylation sites (N-methyl/N-ethyl adjacent to an activating group) is 1. The van der Waals surface area contributed by atoms with Gasteiger partial charge in [0, 0.05) is 47.4 Å². The summed E-state index contributed by atoms with van der Waals surface area (Å²) in [6, 6.07) is 14.9. The standard InChI is InChI=1S/C26H24ClN3O4/c1-28-13-14(31)9-10-34-15-7-8-17-20(11-15)30(2)21-12-18(16-5-3-4-6-19(16)27)23-24(22(17)21)26(33)29-25(23)32/h3-8,11-12,14,28,31H,9-10,13H2,1-2H3,(H,29,32,33). The Hall–Kier alpha value is -3.39. The van der Waals surface area contributed by atoms with Crippen molar-refractivity contribution in [3.63, 3.8) is 0 Å². The first kappa shape index (κ1) is 22.4. The van der Waals surface area contributed by atoms with Crippen LogP contribution in [0.3, 0.4) is 0 Å². The normalized spacial score (nSPS) is 14.0. The Bertz CT molecular complexity index is 1460. The van der Waals surface area contributed by atoms with Crippen molar-refractivity contribution in [2.75, 3.05) is 20.2 Å². The van der Waals surface area contributed by atoms with Gasteiger partial charge in [0.25, 0.3) is 11.8 Å². The van der Waals surface area contributed by atoms with Crippen molar-refractivity contribution in [3.8, 4) is 16.9 Å². The number of carbonyl (C=O) groups is 2. The first-order chi connectivity index (χ1) is 16.4. The van der Waals surface area contributed by atoms with E-state index in [1.807, 2.05) is 54.1 Å². The minimum atomic E-state index is -0.478.